The van der Waals surface area contributed by atoms with E-state index in [9.17, 15) is 0 Å². The molecule has 1 atom stereocenters. The second kappa shape index (κ2) is 7.15. The van der Waals surface area contributed by atoms with E-state index in [1.54, 1.807) is 6.08 Å². The third-order valence-corrected chi connectivity index (χ3v) is 2.66. The summed E-state index contributed by atoms with van der Waals surface area (Å²) in [5.74, 6) is 0. The van der Waals surface area contributed by atoms with Crippen LogP contribution in [-0.2, 0) is 11.3 Å². The maximum absolute atomic E-state index is 9.06. The van der Waals surface area contributed by atoms with Crippen molar-refractivity contribution in [3.63, 3.8) is 0 Å². The largest absolute Gasteiger partial charge is 0.355 e. The van der Waals surface area contributed by atoms with E-state index >= 15 is 0 Å². The third kappa shape index (κ3) is 4.42. The molecule has 0 aliphatic carbocycles. The van der Waals surface area contributed by atoms with Crippen LogP contribution in [0.1, 0.15) is 11.1 Å². The average Bonchev–Trinajstić information content (AvgIpc) is 2.49. The fraction of sp³-hybridized carbons (Fsp3) is 0.118. The summed E-state index contributed by atoms with van der Waals surface area (Å²) in [5, 5.41) is 9.06. The van der Waals surface area contributed by atoms with E-state index in [1.807, 2.05) is 66.7 Å². The minimum atomic E-state index is -0.527. The lowest BCUT2D eigenvalue weighted by molar-refractivity contribution is 0.106. The van der Waals surface area contributed by atoms with Gasteiger partial charge >= 0.3 is 0 Å². The molecule has 2 aromatic carbocycles. The maximum atomic E-state index is 9.06. The Kier molecular flexibility index (Phi) is 4.92. The standard InChI is InChI=1S/C17H15NO/c18-13-17(12-11-15-7-3-1-4-8-15)19-14-16-9-5-2-6-10-16/h1-12,17H,14H2/b12-11+. The monoisotopic (exact) mass is 249 g/mol. The number of hydrogen-bond donors (Lipinski definition) is 0. The van der Waals surface area contributed by atoms with Gasteiger partial charge in [-0.3, -0.25) is 0 Å². The molecule has 1 unspecified atom stereocenters. The molecule has 0 saturated heterocycles. The molecule has 0 spiro atoms. The molecule has 19 heavy (non-hydrogen) atoms. The lowest BCUT2D eigenvalue weighted by Gasteiger charge is -2.06. The van der Waals surface area contributed by atoms with Crippen LogP contribution >= 0.6 is 0 Å². The number of nitrogens with zero attached hydrogens (tertiary/aromatic N) is 1. The van der Waals surface area contributed by atoms with E-state index < -0.39 is 6.10 Å². The average molecular weight is 249 g/mol. The zero-order valence-corrected chi connectivity index (χ0v) is 10.6. The van der Waals surface area contributed by atoms with Crippen LogP contribution in [-0.4, -0.2) is 6.10 Å². The second-order valence-electron chi connectivity index (χ2n) is 4.12. The van der Waals surface area contributed by atoms with E-state index in [2.05, 4.69) is 6.07 Å². The Morgan fingerprint density at radius 3 is 2.26 bits per heavy atom. The van der Waals surface area contributed by atoms with Crippen molar-refractivity contribution in [1.29, 1.82) is 5.26 Å². The normalized spacial score (nSPS) is 12.2. The Labute approximate surface area is 113 Å². The summed E-state index contributed by atoms with van der Waals surface area (Å²) in [4.78, 5) is 0. The summed E-state index contributed by atoms with van der Waals surface area (Å²) in [6.45, 7) is 0.443. The highest BCUT2D eigenvalue weighted by molar-refractivity contribution is 5.49. The summed E-state index contributed by atoms with van der Waals surface area (Å²) in [6.07, 6.45) is 3.15. The topological polar surface area (TPSA) is 33.0 Å². The van der Waals surface area contributed by atoms with Crippen molar-refractivity contribution < 1.29 is 4.74 Å². The zero-order valence-electron chi connectivity index (χ0n) is 10.6. The Morgan fingerprint density at radius 2 is 1.63 bits per heavy atom. The van der Waals surface area contributed by atoms with Gasteiger partial charge in [0.1, 0.15) is 0 Å². The van der Waals surface area contributed by atoms with Gasteiger partial charge in [-0.05, 0) is 17.2 Å². The fourth-order valence-electron chi connectivity index (χ4n) is 1.66. The highest BCUT2D eigenvalue weighted by Gasteiger charge is 2.02. The first-order valence-corrected chi connectivity index (χ1v) is 6.17. The molecule has 0 fully saturated rings. The molecule has 2 aromatic rings. The van der Waals surface area contributed by atoms with Crippen LogP contribution in [0.4, 0.5) is 0 Å². The van der Waals surface area contributed by atoms with Crippen molar-refractivity contribution in [2.75, 3.05) is 0 Å². The van der Waals surface area contributed by atoms with Gasteiger partial charge in [0, 0.05) is 0 Å². The molecule has 2 nitrogen and oxygen atoms in total. The van der Waals surface area contributed by atoms with Crippen molar-refractivity contribution in [2.45, 2.75) is 12.7 Å². The minimum absolute atomic E-state index is 0.443. The molecule has 0 bridgehead atoms. The highest BCUT2D eigenvalue weighted by Crippen LogP contribution is 2.07. The van der Waals surface area contributed by atoms with Gasteiger partial charge in [0.25, 0.3) is 0 Å². The summed E-state index contributed by atoms with van der Waals surface area (Å²) >= 11 is 0. The Bertz CT molecular complexity index is 555. The third-order valence-electron chi connectivity index (χ3n) is 2.66. The quantitative estimate of drug-likeness (QED) is 0.807. The smallest absolute Gasteiger partial charge is 0.162 e. The van der Waals surface area contributed by atoms with Crippen LogP contribution in [0.15, 0.2) is 66.7 Å². The Morgan fingerprint density at radius 1 is 1.00 bits per heavy atom. The summed E-state index contributed by atoms with van der Waals surface area (Å²) < 4.78 is 5.55. The number of benzene rings is 2. The molecule has 0 aromatic heterocycles. The van der Waals surface area contributed by atoms with Gasteiger partial charge in [-0.1, -0.05) is 66.7 Å². The van der Waals surface area contributed by atoms with E-state index in [0.717, 1.165) is 11.1 Å². The van der Waals surface area contributed by atoms with Gasteiger partial charge in [0.2, 0.25) is 0 Å². The van der Waals surface area contributed by atoms with Crippen molar-refractivity contribution in [2.24, 2.45) is 0 Å². The Hall–Kier alpha value is -2.37. The number of ether oxygens (including phenoxy) is 1. The molecule has 0 N–H and O–H groups in total. The van der Waals surface area contributed by atoms with Crippen molar-refractivity contribution >= 4 is 6.08 Å². The summed E-state index contributed by atoms with van der Waals surface area (Å²) in [7, 11) is 0. The molecule has 0 aliphatic rings. The van der Waals surface area contributed by atoms with Crippen molar-refractivity contribution in [1.82, 2.24) is 0 Å². The van der Waals surface area contributed by atoms with Crippen molar-refractivity contribution in [3.05, 3.63) is 77.9 Å². The van der Waals surface area contributed by atoms with Gasteiger partial charge in [0.05, 0.1) is 12.7 Å². The molecule has 0 saturated carbocycles. The first-order chi connectivity index (χ1) is 9.38. The van der Waals surface area contributed by atoms with Crippen LogP contribution < -0.4 is 0 Å². The number of rotatable bonds is 5. The summed E-state index contributed by atoms with van der Waals surface area (Å²) in [5.41, 5.74) is 2.13. The van der Waals surface area contributed by atoms with Gasteiger partial charge in [-0.25, -0.2) is 0 Å². The second-order valence-corrected chi connectivity index (χ2v) is 4.12. The fourth-order valence-corrected chi connectivity index (χ4v) is 1.66. The minimum Gasteiger partial charge on any atom is -0.355 e. The molecule has 2 heteroatoms. The first kappa shape index (κ1) is 13.1. The van der Waals surface area contributed by atoms with Crippen LogP contribution in [0.5, 0.6) is 0 Å². The highest BCUT2D eigenvalue weighted by atomic mass is 16.5. The number of nitriles is 1. The molecule has 2 rings (SSSR count). The molecular formula is C17H15NO. The van der Waals surface area contributed by atoms with E-state index in [-0.39, 0.29) is 0 Å². The predicted molar refractivity (Wildman–Crippen MR) is 76.1 cm³/mol. The first-order valence-electron chi connectivity index (χ1n) is 6.17. The lowest BCUT2D eigenvalue weighted by atomic mass is 10.2. The zero-order chi connectivity index (χ0) is 13.3. The van der Waals surface area contributed by atoms with Gasteiger partial charge in [-0.15, -0.1) is 0 Å². The SMILES string of the molecule is N#CC(/C=C/c1ccccc1)OCc1ccccc1. The Balaban J connectivity index is 1.91. The van der Waals surface area contributed by atoms with Crippen LogP contribution in [0.2, 0.25) is 0 Å². The molecular weight excluding hydrogens is 234 g/mol. The maximum Gasteiger partial charge on any atom is 0.162 e. The van der Waals surface area contributed by atoms with E-state index in [0.29, 0.717) is 6.61 Å². The number of hydrogen-bond acceptors (Lipinski definition) is 2. The van der Waals surface area contributed by atoms with Crippen LogP contribution in [0.25, 0.3) is 6.08 Å². The van der Waals surface area contributed by atoms with Crippen LogP contribution in [0, 0.1) is 11.3 Å². The van der Waals surface area contributed by atoms with Gasteiger partial charge < -0.3 is 4.74 Å². The van der Waals surface area contributed by atoms with E-state index in [1.165, 1.54) is 0 Å². The summed E-state index contributed by atoms with van der Waals surface area (Å²) in [6, 6.07) is 21.8. The molecule has 0 amide bonds. The predicted octanol–water partition coefficient (Wildman–Crippen LogP) is 3.81. The van der Waals surface area contributed by atoms with Crippen molar-refractivity contribution in [3.8, 4) is 6.07 Å². The van der Waals surface area contributed by atoms with E-state index in [4.69, 9.17) is 10.00 Å². The lowest BCUT2D eigenvalue weighted by Crippen LogP contribution is -2.06. The molecule has 0 aliphatic heterocycles. The molecule has 0 radical (unpaired) electrons. The molecule has 94 valence electrons. The van der Waals surface area contributed by atoms with Gasteiger partial charge in [-0.2, -0.15) is 5.26 Å². The molecule has 0 heterocycles. The van der Waals surface area contributed by atoms with Crippen LogP contribution in [0.3, 0.4) is 0 Å². The van der Waals surface area contributed by atoms with Gasteiger partial charge in [0.15, 0.2) is 6.10 Å².